The lowest BCUT2D eigenvalue weighted by Gasteiger charge is -2.15. The third-order valence-electron chi connectivity index (χ3n) is 3.23. The Bertz CT molecular complexity index is 325. The molecule has 0 amide bonds. The van der Waals surface area contributed by atoms with E-state index in [1.165, 1.54) is 25.1 Å². The SMILES string of the molecule is COCCN1CCC(c2ccc(Br)cc2)C1. The molecule has 1 aliphatic rings. The van der Waals surface area contributed by atoms with Crippen molar-refractivity contribution in [2.24, 2.45) is 0 Å². The number of benzene rings is 1. The summed E-state index contributed by atoms with van der Waals surface area (Å²) in [5.74, 6) is 0.699. The summed E-state index contributed by atoms with van der Waals surface area (Å²) in [6, 6.07) is 8.73. The molecule has 0 spiro atoms. The van der Waals surface area contributed by atoms with Crippen LogP contribution in [0.3, 0.4) is 0 Å². The lowest BCUT2D eigenvalue weighted by Crippen LogP contribution is -2.24. The van der Waals surface area contributed by atoms with Crippen molar-refractivity contribution in [3.8, 4) is 0 Å². The van der Waals surface area contributed by atoms with Gasteiger partial charge >= 0.3 is 0 Å². The lowest BCUT2D eigenvalue weighted by molar-refractivity contribution is 0.160. The van der Waals surface area contributed by atoms with Crippen LogP contribution in [-0.2, 0) is 4.74 Å². The molecule has 0 saturated carbocycles. The number of rotatable bonds is 4. The van der Waals surface area contributed by atoms with Gasteiger partial charge in [-0.2, -0.15) is 0 Å². The van der Waals surface area contributed by atoms with E-state index in [4.69, 9.17) is 4.74 Å². The monoisotopic (exact) mass is 283 g/mol. The minimum absolute atomic E-state index is 0.699. The first kappa shape index (κ1) is 12.1. The predicted molar refractivity (Wildman–Crippen MR) is 69.8 cm³/mol. The summed E-state index contributed by atoms with van der Waals surface area (Å²) in [5.41, 5.74) is 1.46. The zero-order valence-electron chi connectivity index (χ0n) is 9.66. The summed E-state index contributed by atoms with van der Waals surface area (Å²) in [5, 5.41) is 0. The van der Waals surface area contributed by atoms with Gasteiger partial charge in [-0.1, -0.05) is 28.1 Å². The molecule has 16 heavy (non-hydrogen) atoms. The van der Waals surface area contributed by atoms with E-state index in [0.717, 1.165) is 17.6 Å². The van der Waals surface area contributed by atoms with Gasteiger partial charge < -0.3 is 9.64 Å². The zero-order valence-corrected chi connectivity index (χ0v) is 11.2. The number of nitrogens with zero attached hydrogens (tertiary/aromatic N) is 1. The van der Waals surface area contributed by atoms with Gasteiger partial charge in [0.25, 0.3) is 0 Å². The molecule has 1 fully saturated rings. The van der Waals surface area contributed by atoms with Crippen LogP contribution in [0.15, 0.2) is 28.7 Å². The van der Waals surface area contributed by atoms with E-state index in [9.17, 15) is 0 Å². The fourth-order valence-electron chi connectivity index (χ4n) is 2.26. The van der Waals surface area contributed by atoms with Crippen LogP contribution in [0.5, 0.6) is 0 Å². The Morgan fingerprint density at radius 2 is 2.12 bits per heavy atom. The first-order valence-corrected chi connectivity index (χ1v) is 6.55. The molecule has 1 aliphatic heterocycles. The van der Waals surface area contributed by atoms with Gasteiger partial charge in [0.1, 0.15) is 0 Å². The molecule has 0 aromatic heterocycles. The second-order valence-electron chi connectivity index (χ2n) is 4.33. The van der Waals surface area contributed by atoms with Crippen molar-refractivity contribution >= 4 is 15.9 Å². The predicted octanol–water partition coefficient (Wildman–Crippen LogP) is 2.88. The van der Waals surface area contributed by atoms with Crippen LogP contribution >= 0.6 is 15.9 Å². The third-order valence-corrected chi connectivity index (χ3v) is 3.75. The average Bonchev–Trinajstić information content (AvgIpc) is 2.76. The fraction of sp³-hybridized carbons (Fsp3) is 0.538. The maximum absolute atomic E-state index is 5.11. The van der Waals surface area contributed by atoms with Crippen molar-refractivity contribution in [3.63, 3.8) is 0 Å². The van der Waals surface area contributed by atoms with Crippen molar-refractivity contribution in [1.82, 2.24) is 4.90 Å². The molecule has 1 aromatic carbocycles. The van der Waals surface area contributed by atoms with E-state index in [1.807, 2.05) is 0 Å². The Morgan fingerprint density at radius 1 is 1.38 bits per heavy atom. The van der Waals surface area contributed by atoms with Gasteiger partial charge in [0.15, 0.2) is 0 Å². The molecular formula is C13H18BrNO. The van der Waals surface area contributed by atoms with Gasteiger partial charge in [0, 0.05) is 24.7 Å². The summed E-state index contributed by atoms with van der Waals surface area (Å²) in [4.78, 5) is 2.48. The molecule has 88 valence electrons. The quantitative estimate of drug-likeness (QED) is 0.843. The molecule has 1 unspecified atom stereocenters. The molecule has 2 nitrogen and oxygen atoms in total. The van der Waals surface area contributed by atoms with Crippen LogP contribution in [-0.4, -0.2) is 38.3 Å². The van der Waals surface area contributed by atoms with Gasteiger partial charge in [-0.05, 0) is 36.6 Å². The van der Waals surface area contributed by atoms with E-state index in [2.05, 4.69) is 45.1 Å². The Balaban J connectivity index is 1.90. The Morgan fingerprint density at radius 3 is 2.81 bits per heavy atom. The molecule has 3 heteroatoms. The minimum atomic E-state index is 0.699. The lowest BCUT2D eigenvalue weighted by atomic mass is 9.99. The Labute approximate surface area is 106 Å². The number of methoxy groups -OCH3 is 1. The third kappa shape index (κ3) is 3.06. The van der Waals surface area contributed by atoms with Crippen molar-refractivity contribution in [1.29, 1.82) is 0 Å². The normalized spacial score (nSPS) is 21.5. The molecule has 0 N–H and O–H groups in total. The highest BCUT2D eigenvalue weighted by molar-refractivity contribution is 9.10. The summed E-state index contributed by atoms with van der Waals surface area (Å²) in [7, 11) is 1.77. The van der Waals surface area contributed by atoms with Crippen LogP contribution in [0, 0.1) is 0 Å². The van der Waals surface area contributed by atoms with E-state index < -0.39 is 0 Å². The zero-order chi connectivity index (χ0) is 11.4. The summed E-state index contributed by atoms with van der Waals surface area (Å²) < 4.78 is 6.27. The van der Waals surface area contributed by atoms with Crippen molar-refractivity contribution < 1.29 is 4.74 Å². The molecule has 1 atom stereocenters. The number of likely N-dealkylation sites (tertiary alicyclic amines) is 1. The van der Waals surface area contributed by atoms with Gasteiger partial charge in [-0.15, -0.1) is 0 Å². The van der Waals surface area contributed by atoms with Gasteiger partial charge in [-0.25, -0.2) is 0 Å². The van der Waals surface area contributed by atoms with Crippen LogP contribution in [0.1, 0.15) is 17.9 Å². The van der Waals surface area contributed by atoms with Gasteiger partial charge in [-0.3, -0.25) is 0 Å². The fourth-order valence-corrected chi connectivity index (χ4v) is 2.53. The second kappa shape index (κ2) is 5.80. The Hall–Kier alpha value is -0.380. The van der Waals surface area contributed by atoms with Gasteiger partial charge in [0.05, 0.1) is 6.61 Å². The molecule has 2 rings (SSSR count). The largest absolute Gasteiger partial charge is 0.383 e. The smallest absolute Gasteiger partial charge is 0.0589 e. The van der Waals surface area contributed by atoms with Crippen LogP contribution < -0.4 is 0 Å². The minimum Gasteiger partial charge on any atom is -0.383 e. The molecular weight excluding hydrogens is 266 g/mol. The topological polar surface area (TPSA) is 12.5 Å². The molecule has 1 aromatic rings. The maximum Gasteiger partial charge on any atom is 0.0589 e. The standard InChI is InChI=1S/C13H18BrNO/c1-16-9-8-15-7-6-12(10-15)11-2-4-13(14)5-3-11/h2-5,12H,6-10H2,1H3. The summed E-state index contributed by atoms with van der Waals surface area (Å²) in [6.45, 7) is 4.27. The molecule has 1 saturated heterocycles. The van der Waals surface area contributed by atoms with Crippen LogP contribution in [0.4, 0.5) is 0 Å². The Kier molecular flexibility index (Phi) is 4.38. The van der Waals surface area contributed by atoms with Crippen molar-refractivity contribution in [3.05, 3.63) is 34.3 Å². The highest BCUT2D eigenvalue weighted by Crippen LogP contribution is 2.27. The number of ether oxygens (including phenoxy) is 1. The molecule has 0 radical (unpaired) electrons. The number of hydrogen-bond donors (Lipinski definition) is 0. The van der Waals surface area contributed by atoms with E-state index in [0.29, 0.717) is 5.92 Å². The first-order chi connectivity index (χ1) is 7.79. The molecule has 0 bridgehead atoms. The summed E-state index contributed by atoms with van der Waals surface area (Å²) >= 11 is 3.47. The van der Waals surface area contributed by atoms with E-state index in [-0.39, 0.29) is 0 Å². The second-order valence-corrected chi connectivity index (χ2v) is 5.25. The number of hydrogen-bond acceptors (Lipinski definition) is 2. The highest BCUT2D eigenvalue weighted by atomic mass is 79.9. The van der Waals surface area contributed by atoms with Crippen molar-refractivity contribution in [2.75, 3.05) is 33.4 Å². The molecule has 0 aliphatic carbocycles. The van der Waals surface area contributed by atoms with E-state index >= 15 is 0 Å². The first-order valence-electron chi connectivity index (χ1n) is 5.76. The average molecular weight is 284 g/mol. The van der Waals surface area contributed by atoms with Crippen molar-refractivity contribution in [2.45, 2.75) is 12.3 Å². The number of halogens is 1. The summed E-state index contributed by atoms with van der Waals surface area (Å²) in [6.07, 6.45) is 1.27. The molecule has 1 heterocycles. The van der Waals surface area contributed by atoms with Gasteiger partial charge in [0.2, 0.25) is 0 Å². The van der Waals surface area contributed by atoms with Crippen LogP contribution in [0.2, 0.25) is 0 Å². The van der Waals surface area contributed by atoms with Crippen LogP contribution in [0.25, 0.3) is 0 Å². The highest BCUT2D eigenvalue weighted by Gasteiger charge is 2.23. The van der Waals surface area contributed by atoms with E-state index in [1.54, 1.807) is 7.11 Å². The maximum atomic E-state index is 5.11.